The van der Waals surface area contributed by atoms with Crippen LogP contribution in [0.25, 0.3) is 0 Å². The first-order valence-corrected chi connectivity index (χ1v) is 8.61. The molecule has 5 heteroatoms. The SMILES string of the molecule is COc1ccc(C(O)CCc2ccc3c(c2)OCCCCO3)c(O)c1. The van der Waals surface area contributed by atoms with E-state index in [4.69, 9.17) is 14.2 Å². The van der Waals surface area contributed by atoms with E-state index in [-0.39, 0.29) is 5.75 Å². The van der Waals surface area contributed by atoms with Crippen LogP contribution in [0.3, 0.4) is 0 Å². The summed E-state index contributed by atoms with van der Waals surface area (Å²) in [4.78, 5) is 0. The molecule has 0 aliphatic carbocycles. The quantitative estimate of drug-likeness (QED) is 0.867. The van der Waals surface area contributed by atoms with E-state index in [9.17, 15) is 10.2 Å². The zero-order valence-electron chi connectivity index (χ0n) is 14.4. The van der Waals surface area contributed by atoms with Crippen molar-refractivity contribution in [3.8, 4) is 23.0 Å². The van der Waals surface area contributed by atoms with E-state index in [1.165, 1.54) is 13.2 Å². The van der Waals surface area contributed by atoms with Crippen LogP contribution in [0.2, 0.25) is 0 Å². The van der Waals surface area contributed by atoms with Crippen molar-refractivity contribution in [2.75, 3.05) is 20.3 Å². The third kappa shape index (κ3) is 4.37. The van der Waals surface area contributed by atoms with Gasteiger partial charge in [0, 0.05) is 11.6 Å². The van der Waals surface area contributed by atoms with Crippen molar-refractivity contribution < 1.29 is 24.4 Å². The van der Waals surface area contributed by atoms with Gasteiger partial charge in [-0.05, 0) is 55.5 Å². The minimum atomic E-state index is -0.745. The lowest BCUT2D eigenvalue weighted by Gasteiger charge is -2.18. The zero-order valence-corrected chi connectivity index (χ0v) is 14.4. The zero-order chi connectivity index (χ0) is 17.6. The molecule has 0 aromatic heterocycles. The number of hydrogen-bond acceptors (Lipinski definition) is 5. The Morgan fingerprint density at radius 1 is 1.04 bits per heavy atom. The summed E-state index contributed by atoms with van der Waals surface area (Å²) >= 11 is 0. The number of ether oxygens (including phenoxy) is 3. The Bertz CT molecular complexity index is 713. The molecule has 25 heavy (non-hydrogen) atoms. The van der Waals surface area contributed by atoms with Crippen molar-refractivity contribution in [1.82, 2.24) is 0 Å². The molecule has 3 rings (SSSR count). The molecule has 1 aliphatic rings. The maximum Gasteiger partial charge on any atom is 0.161 e. The molecule has 1 unspecified atom stereocenters. The molecular weight excluding hydrogens is 320 g/mol. The second-order valence-corrected chi connectivity index (χ2v) is 6.16. The van der Waals surface area contributed by atoms with Crippen LogP contribution >= 0.6 is 0 Å². The summed E-state index contributed by atoms with van der Waals surface area (Å²) in [6.07, 6.45) is 2.41. The number of aromatic hydroxyl groups is 1. The topological polar surface area (TPSA) is 68.2 Å². The highest BCUT2D eigenvalue weighted by Crippen LogP contribution is 2.33. The maximum atomic E-state index is 10.4. The van der Waals surface area contributed by atoms with Gasteiger partial charge in [-0.1, -0.05) is 6.07 Å². The molecule has 2 N–H and O–H groups in total. The molecule has 2 aromatic carbocycles. The maximum absolute atomic E-state index is 10.4. The predicted molar refractivity (Wildman–Crippen MR) is 94.6 cm³/mol. The standard InChI is InChI=1S/C20H24O5/c1-23-15-6-7-16(18(22)13-15)17(21)8-4-14-5-9-19-20(12-14)25-11-3-2-10-24-19/h5-7,9,12-13,17,21-22H,2-4,8,10-11H2,1H3. The molecule has 1 atom stereocenters. The molecule has 0 bridgehead atoms. The first-order valence-electron chi connectivity index (χ1n) is 8.61. The van der Waals surface area contributed by atoms with Crippen LogP contribution < -0.4 is 14.2 Å². The van der Waals surface area contributed by atoms with Crippen molar-refractivity contribution in [3.05, 3.63) is 47.5 Å². The van der Waals surface area contributed by atoms with E-state index >= 15 is 0 Å². The summed E-state index contributed by atoms with van der Waals surface area (Å²) < 4.78 is 16.5. The van der Waals surface area contributed by atoms with Gasteiger partial charge in [-0.25, -0.2) is 0 Å². The minimum absolute atomic E-state index is 0.0433. The highest BCUT2D eigenvalue weighted by atomic mass is 16.5. The van der Waals surface area contributed by atoms with Crippen molar-refractivity contribution in [1.29, 1.82) is 0 Å². The molecule has 1 heterocycles. The predicted octanol–water partition coefficient (Wildman–Crippen LogP) is 3.62. The molecule has 5 nitrogen and oxygen atoms in total. The molecular formula is C20H24O5. The number of phenolic OH excluding ortho intramolecular Hbond substituents is 1. The number of fused-ring (bicyclic) bond motifs is 1. The van der Waals surface area contributed by atoms with Gasteiger partial charge in [0.05, 0.1) is 26.4 Å². The Hall–Kier alpha value is -2.40. The van der Waals surface area contributed by atoms with Crippen LogP contribution in [0, 0.1) is 0 Å². The van der Waals surface area contributed by atoms with E-state index in [0.717, 1.165) is 29.9 Å². The van der Waals surface area contributed by atoms with Crippen molar-refractivity contribution in [2.24, 2.45) is 0 Å². The first kappa shape index (κ1) is 17.4. The number of rotatable bonds is 5. The van der Waals surface area contributed by atoms with Gasteiger partial charge < -0.3 is 24.4 Å². The van der Waals surface area contributed by atoms with Crippen LogP contribution in [-0.4, -0.2) is 30.5 Å². The molecule has 2 aromatic rings. The normalized spacial score (nSPS) is 15.1. The number of hydrogen-bond donors (Lipinski definition) is 2. The van der Waals surface area contributed by atoms with Crippen LogP contribution in [0.4, 0.5) is 0 Å². The molecule has 0 amide bonds. The highest BCUT2D eigenvalue weighted by molar-refractivity contribution is 5.44. The van der Waals surface area contributed by atoms with Gasteiger partial charge in [-0.2, -0.15) is 0 Å². The summed E-state index contributed by atoms with van der Waals surface area (Å²) in [7, 11) is 1.54. The lowest BCUT2D eigenvalue weighted by atomic mass is 10.00. The molecule has 134 valence electrons. The molecule has 0 fully saturated rings. The summed E-state index contributed by atoms with van der Waals surface area (Å²) in [5.41, 5.74) is 1.57. The van der Waals surface area contributed by atoms with Crippen molar-refractivity contribution in [2.45, 2.75) is 31.8 Å². The summed E-state index contributed by atoms with van der Waals surface area (Å²) in [6.45, 7) is 1.41. The summed E-state index contributed by atoms with van der Waals surface area (Å²) in [5, 5.41) is 20.4. The fourth-order valence-corrected chi connectivity index (χ4v) is 2.90. The largest absolute Gasteiger partial charge is 0.507 e. The smallest absolute Gasteiger partial charge is 0.161 e. The van der Waals surface area contributed by atoms with Gasteiger partial charge in [0.15, 0.2) is 11.5 Å². The van der Waals surface area contributed by atoms with Gasteiger partial charge in [0.1, 0.15) is 11.5 Å². The molecule has 0 saturated carbocycles. The van der Waals surface area contributed by atoms with Crippen LogP contribution in [0.1, 0.15) is 36.5 Å². The van der Waals surface area contributed by atoms with E-state index in [2.05, 4.69) is 0 Å². The van der Waals surface area contributed by atoms with Gasteiger partial charge in [-0.3, -0.25) is 0 Å². The average Bonchev–Trinajstić information content (AvgIpc) is 2.60. The van der Waals surface area contributed by atoms with E-state index in [1.54, 1.807) is 12.1 Å². The lowest BCUT2D eigenvalue weighted by Crippen LogP contribution is -2.08. The third-order valence-corrected chi connectivity index (χ3v) is 4.36. The van der Waals surface area contributed by atoms with Gasteiger partial charge in [0.2, 0.25) is 0 Å². The fourth-order valence-electron chi connectivity index (χ4n) is 2.90. The Morgan fingerprint density at radius 2 is 1.80 bits per heavy atom. The van der Waals surface area contributed by atoms with Gasteiger partial charge in [-0.15, -0.1) is 0 Å². The van der Waals surface area contributed by atoms with Gasteiger partial charge >= 0.3 is 0 Å². The van der Waals surface area contributed by atoms with Gasteiger partial charge in [0.25, 0.3) is 0 Å². The van der Waals surface area contributed by atoms with Crippen molar-refractivity contribution in [3.63, 3.8) is 0 Å². The fraction of sp³-hybridized carbons (Fsp3) is 0.400. The Labute approximate surface area is 147 Å². The van der Waals surface area contributed by atoms with E-state index in [0.29, 0.717) is 37.4 Å². The number of phenols is 1. The lowest BCUT2D eigenvalue weighted by molar-refractivity contribution is 0.164. The monoisotopic (exact) mass is 344 g/mol. The highest BCUT2D eigenvalue weighted by Gasteiger charge is 2.15. The summed E-state index contributed by atoms with van der Waals surface area (Å²) in [6, 6.07) is 10.8. The van der Waals surface area contributed by atoms with Crippen LogP contribution in [0.15, 0.2) is 36.4 Å². The Morgan fingerprint density at radius 3 is 2.52 bits per heavy atom. The molecule has 1 aliphatic heterocycles. The number of benzene rings is 2. The number of aryl methyl sites for hydroxylation is 1. The second-order valence-electron chi connectivity index (χ2n) is 6.16. The molecule has 0 spiro atoms. The van der Waals surface area contributed by atoms with Crippen molar-refractivity contribution >= 4 is 0 Å². The van der Waals surface area contributed by atoms with Crippen LogP contribution in [0.5, 0.6) is 23.0 Å². The molecule has 0 radical (unpaired) electrons. The Balaban J connectivity index is 1.65. The average molecular weight is 344 g/mol. The van der Waals surface area contributed by atoms with Crippen LogP contribution in [-0.2, 0) is 6.42 Å². The number of aliphatic hydroxyl groups excluding tert-OH is 1. The second kappa shape index (κ2) is 8.12. The van der Waals surface area contributed by atoms with E-state index < -0.39 is 6.10 Å². The third-order valence-electron chi connectivity index (χ3n) is 4.36. The first-order chi connectivity index (χ1) is 12.2. The number of aliphatic hydroxyl groups is 1. The molecule has 0 saturated heterocycles. The van der Waals surface area contributed by atoms with E-state index in [1.807, 2.05) is 18.2 Å². The number of methoxy groups -OCH3 is 1. The minimum Gasteiger partial charge on any atom is -0.507 e. The summed E-state index contributed by atoms with van der Waals surface area (Å²) in [5.74, 6) is 2.14. The Kier molecular flexibility index (Phi) is 5.66.